The van der Waals surface area contributed by atoms with Crippen molar-refractivity contribution >= 4 is 16.8 Å². The van der Waals surface area contributed by atoms with Crippen molar-refractivity contribution in [3.63, 3.8) is 0 Å². The molecular weight excluding hydrogens is 346 g/mol. The van der Waals surface area contributed by atoms with Crippen LogP contribution < -0.4 is 5.32 Å². The number of likely N-dealkylation sites (tertiary alicyclic amines) is 1. The van der Waals surface area contributed by atoms with Gasteiger partial charge in [0.2, 0.25) is 0 Å². The van der Waals surface area contributed by atoms with Gasteiger partial charge in [0.25, 0.3) is 5.91 Å². The number of nitrogens with zero attached hydrogens (tertiary/aromatic N) is 1. The SMILES string of the molecule is CC(C)(C)c1ccc2[nH]c(C(=O)NCC3CCN3Cc3ccccc3)cc2c1. The zero-order valence-electron chi connectivity index (χ0n) is 17.0. The van der Waals surface area contributed by atoms with Crippen LogP contribution >= 0.6 is 0 Å². The smallest absolute Gasteiger partial charge is 0.267 e. The van der Waals surface area contributed by atoms with Gasteiger partial charge in [-0.2, -0.15) is 0 Å². The number of carbonyl (C=O) groups excluding carboxylic acids is 1. The molecule has 4 heteroatoms. The van der Waals surface area contributed by atoms with Crippen LogP contribution in [0.1, 0.15) is 48.8 Å². The molecule has 0 bridgehead atoms. The molecule has 1 unspecified atom stereocenters. The largest absolute Gasteiger partial charge is 0.351 e. The molecule has 1 aromatic heterocycles. The maximum atomic E-state index is 12.6. The number of benzene rings is 2. The zero-order chi connectivity index (χ0) is 19.7. The molecule has 1 amide bonds. The molecule has 1 saturated heterocycles. The van der Waals surface area contributed by atoms with Gasteiger partial charge in [0.1, 0.15) is 5.69 Å². The highest BCUT2D eigenvalue weighted by Crippen LogP contribution is 2.26. The van der Waals surface area contributed by atoms with Gasteiger partial charge in [-0.1, -0.05) is 57.2 Å². The monoisotopic (exact) mass is 375 g/mol. The number of fused-ring (bicyclic) bond motifs is 1. The van der Waals surface area contributed by atoms with E-state index in [0.717, 1.165) is 30.4 Å². The van der Waals surface area contributed by atoms with E-state index in [1.54, 1.807) is 0 Å². The van der Waals surface area contributed by atoms with Crippen LogP contribution in [0, 0.1) is 0 Å². The van der Waals surface area contributed by atoms with Crippen LogP contribution in [-0.4, -0.2) is 34.9 Å². The Hall–Kier alpha value is -2.59. The highest BCUT2D eigenvalue weighted by Gasteiger charge is 2.28. The van der Waals surface area contributed by atoms with E-state index in [-0.39, 0.29) is 11.3 Å². The molecule has 3 aromatic rings. The lowest BCUT2D eigenvalue weighted by Crippen LogP contribution is -2.52. The molecule has 4 rings (SSSR count). The fraction of sp³-hybridized carbons (Fsp3) is 0.375. The van der Waals surface area contributed by atoms with Crippen LogP contribution in [0.15, 0.2) is 54.6 Å². The molecule has 2 N–H and O–H groups in total. The summed E-state index contributed by atoms with van der Waals surface area (Å²) in [5, 5.41) is 4.20. The lowest BCUT2D eigenvalue weighted by Gasteiger charge is -2.41. The molecule has 2 aromatic carbocycles. The Labute approximate surface area is 166 Å². The van der Waals surface area contributed by atoms with Gasteiger partial charge in [-0.25, -0.2) is 0 Å². The van der Waals surface area contributed by atoms with Crippen LogP contribution in [0.4, 0.5) is 0 Å². The standard InChI is InChI=1S/C24H29N3O/c1-24(2,3)19-9-10-21-18(13-19)14-22(26-21)23(28)25-15-20-11-12-27(20)16-17-7-5-4-6-8-17/h4-10,13-14,20,26H,11-12,15-16H2,1-3H3,(H,25,28). The van der Waals surface area contributed by atoms with E-state index in [9.17, 15) is 4.79 Å². The third kappa shape index (κ3) is 3.97. The van der Waals surface area contributed by atoms with Crippen LogP contribution in [0.5, 0.6) is 0 Å². The number of aromatic amines is 1. The Morgan fingerprint density at radius 2 is 1.93 bits per heavy atom. The summed E-state index contributed by atoms with van der Waals surface area (Å²) in [5.41, 5.74) is 4.34. The lowest BCUT2D eigenvalue weighted by atomic mass is 9.86. The van der Waals surface area contributed by atoms with Crippen molar-refractivity contribution < 1.29 is 4.79 Å². The van der Waals surface area contributed by atoms with Crippen molar-refractivity contribution in [3.05, 3.63) is 71.4 Å². The first-order chi connectivity index (χ1) is 13.4. The van der Waals surface area contributed by atoms with Gasteiger partial charge in [0.05, 0.1) is 0 Å². The molecule has 1 aliphatic heterocycles. The molecule has 146 valence electrons. The first-order valence-corrected chi connectivity index (χ1v) is 10.1. The molecule has 0 aliphatic carbocycles. The summed E-state index contributed by atoms with van der Waals surface area (Å²) >= 11 is 0. The van der Waals surface area contributed by atoms with E-state index < -0.39 is 0 Å². The molecule has 4 nitrogen and oxygen atoms in total. The quantitative estimate of drug-likeness (QED) is 0.691. The van der Waals surface area contributed by atoms with Gasteiger partial charge in [-0.3, -0.25) is 9.69 Å². The first-order valence-electron chi connectivity index (χ1n) is 10.1. The van der Waals surface area contributed by atoms with Crippen molar-refractivity contribution in [2.75, 3.05) is 13.1 Å². The summed E-state index contributed by atoms with van der Waals surface area (Å²) in [5.74, 6) is -0.0277. The summed E-state index contributed by atoms with van der Waals surface area (Å²) in [6.45, 7) is 9.34. The molecule has 0 spiro atoms. The second kappa shape index (κ2) is 7.44. The van der Waals surface area contributed by atoms with Gasteiger partial charge in [0.15, 0.2) is 0 Å². The second-order valence-electron chi connectivity index (χ2n) is 8.84. The molecule has 0 radical (unpaired) electrons. The fourth-order valence-corrected chi connectivity index (χ4v) is 3.78. The van der Waals surface area contributed by atoms with Gasteiger partial charge < -0.3 is 10.3 Å². The molecule has 1 fully saturated rings. The number of H-pyrrole nitrogens is 1. The van der Waals surface area contributed by atoms with Gasteiger partial charge >= 0.3 is 0 Å². The van der Waals surface area contributed by atoms with Crippen molar-refractivity contribution in [1.29, 1.82) is 0 Å². The van der Waals surface area contributed by atoms with Crippen molar-refractivity contribution in [3.8, 4) is 0 Å². The number of amides is 1. The maximum Gasteiger partial charge on any atom is 0.267 e. The minimum absolute atomic E-state index is 0.0277. The Kier molecular flexibility index (Phi) is 4.98. The van der Waals surface area contributed by atoms with E-state index in [0.29, 0.717) is 18.3 Å². The van der Waals surface area contributed by atoms with E-state index in [4.69, 9.17) is 0 Å². The van der Waals surface area contributed by atoms with Gasteiger partial charge in [-0.05, 0) is 41.2 Å². The van der Waals surface area contributed by atoms with E-state index in [1.807, 2.05) is 12.1 Å². The third-order valence-electron chi connectivity index (χ3n) is 5.72. The summed E-state index contributed by atoms with van der Waals surface area (Å²) in [6, 6.07) is 19.3. The second-order valence-corrected chi connectivity index (χ2v) is 8.84. The lowest BCUT2D eigenvalue weighted by molar-refractivity contribution is 0.0730. The fourth-order valence-electron chi connectivity index (χ4n) is 3.78. The molecule has 1 atom stereocenters. The van der Waals surface area contributed by atoms with E-state index >= 15 is 0 Å². The number of nitrogens with one attached hydrogen (secondary N) is 2. The number of hydrogen-bond donors (Lipinski definition) is 2. The molecular formula is C24H29N3O. The van der Waals surface area contributed by atoms with E-state index in [2.05, 4.69) is 78.4 Å². The normalized spacial score (nSPS) is 17.5. The number of carbonyl (C=O) groups is 1. The molecule has 28 heavy (non-hydrogen) atoms. The first kappa shape index (κ1) is 18.8. The Morgan fingerprint density at radius 1 is 1.14 bits per heavy atom. The molecule has 0 saturated carbocycles. The van der Waals surface area contributed by atoms with Crippen molar-refractivity contribution in [2.24, 2.45) is 0 Å². The predicted molar refractivity (Wildman–Crippen MR) is 115 cm³/mol. The van der Waals surface area contributed by atoms with E-state index in [1.165, 1.54) is 11.1 Å². The van der Waals surface area contributed by atoms with Crippen molar-refractivity contribution in [2.45, 2.75) is 45.2 Å². The third-order valence-corrected chi connectivity index (χ3v) is 5.72. The number of aromatic nitrogens is 1. The average molecular weight is 376 g/mol. The summed E-state index contributed by atoms with van der Waals surface area (Å²) in [7, 11) is 0. The summed E-state index contributed by atoms with van der Waals surface area (Å²) in [4.78, 5) is 18.3. The summed E-state index contributed by atoms with van der Waals surface area (Å²) < 4.78 is 0. The molecule has 1 aliphatic rings. The van der Waals surface area contributed by atoms with Crippen LogP contribution in [0.2, 0.25) is 0 Å². The van der Waals surface area contributed by atoms with Crippen LogP contribution in [-0.2, 0) is 12.0 Å². The average Bonchev–Trinajstić information content (AvgIpc) is 3.09. The molecule has 2 heterocycles. The maximum absolute atomic E-state index is 12.6. The topological polar surface area (TPSA) is 48.1 Å². The minimum atomic E-state index is -0.0277. The van der Waals surface area contributed by atoms with Crippen LogP contribution in [0.3, 0.4) is 0 Å². The minimum Gasteiger partial charge on any atom is -0.351 e. The van der Waals surface area contributed by atoms with Crippen LogP contribution in [0.25, 0.3) is 10.9 Å². The predicted octanol–water partition coefficient (Wildman–Crippen LogP) is 4.47. The number of rotatable bonds is 5. The highest BCUT2D eigenvalue weighted by atomic mass is 16.1. The van der Waals surface area contributed by atoms with Gasteiger partial charge in [0, 0.05) is 36.6 Å². The number of hydrogen-bond acceptors (Lipinski definition) is 2. The zero-order valence-corrected chi connectivity index (χ0v) is 17.0. The van der Waals surface area contributed by atoms with Crippen molar-refractivity contribution in [1.82, 2.24) is 15.2 Å². The Morgan fingerprint density at radius 3 is 2.61 bits per heavy atom. The highest BCUT2D eigenvalue weighted by molar-refractivity contribution is 5.98. The Balaban J connectivity index is 1.37. The Bertz CT molecular complexity index is 968. The summed E-state index contributed by atoms with van der Waals surface area (Å²) in [6.07, 6.45) is 1.13. The van der Waals surface area contributed by atoms with Gasteiger partial charge in [-0.15, -0.1) is 0 Å².